The Morgan fingerprint density at radius 3 is 2.39 bits per heavy atom. The minimum atomic E-state index is -0.491. The summed E-state index contributed by atoms with van der Waals surface area (Å²) in [5, 5.41) is 12.4. The van der Waals surface area contributed by atoms with Crippen molar-refractivity contribution in [3.63, 3.8) is 0 Å². The molecule has 2 aromatic carbocycles. The molecule has 0 unspecified atom stereocenters. The Morgan fingerprint density at radius 1 is 1.09 bits per heavy atom. The number of esters is 1. The summed E-state index contributed by atoms with van der Waals surface area (Å²) in [6.45, 7) is 6.22. The Balaban J connectivity index is 1.96. The summed E-state index contributed by atoms with van der Waals surface area (Å²) in [4.78, 5) is 12.0. The smallest absolute Gasteiger partial charge is 0.338 e. The van der Waals surface area contributed by atoms with Gasteiger partial charge in [-0.2, -0.15) is 0 Å². The minimum Gasteiger partial charge on any atom is -0.456 e. The van der Waals surface area contributed by atoms with Crippen LogP contribution in [0.4, 0.5) is 5.69 Å². The lowest BCUT2D eigenvalue weighted by Crippen LogP contribution is -2.23. The van der Waals surface area contributed by atoms with Crippen LogP contribution in [0.25, 0.3) is 0 Å². The normalized spacial score (nSPS) is 11.1. The summed E-state index contributed by atoms with van der Waals surface area (Å²) < 4.78 is 5.34. The van der Waals surface area contributed by atoms with Crippen LogP contribution < -0.4 is 5.32 Å². The fourth-order valence-electron chi connectivity index (χ4n) is 2.08. The predicted molar refractivity (Wildman–Crippen MR) is 91.3 cm³/mol. The number of benzene rings is 2. The Labute approximate surface area is 137 Å². The number of aliphatic hydroxyl groups excluding tert-OH is 1. The summed E-state index contributed by atoms with van der Waals surface area (Å²) in [6.07, 6.45) is 0. The first-order valence-electron chi connectivity index (χ1n) is 7.63. The van der Waals surface area contributed by atoms with Gasteiger partial charge in [0.25, 0.3) is 0 Å². The molecule has 0 saturated heterocycles. The highest BCUT2D eigenvalue weighted by molar-refractivity contribution is 5.89. The Morgan fingerprint density at radius 2 is 1.78 bits per heavy atom. The van der Waals surface area contributed by atoms with Gasteiger partial charge >= 0.3 is 5.97 Å². The maximum absolute atomic E-state index is 12.0. The molecule has 0 fully saturated rings. The van der Waals surface area contributed by atoms with Crippen molar-refractivity contribution in [2.75, 3.05) is 5.32 Å². The Bertz CT molecular complexity index is 657. The third-order valence-electron chi connectivity index (χ3n) is 3.19. The number of nitrogens with one attached hydrogen (secondary N) is 1. The summed E-state index contributed by atoms with van der Waals surface area (Å²) >= 11 is 0. The highest BCUT2D eigenvalue weighted by Gasteiger charge is 2.17. The van der Waals surface area contributed by atoms with Crippen LogP contribution in [0.5, 0.6) is 0 Å². The van der Waals surface area contributed by atoms with E-state index in [0.717, 1.165) is 16.8 Å². The number of carbonyl (C=O) groups excluding carboxylic acids is 1. The number of rotatable bonds is 5. The fraction of sp³-hybridized carbons (Fsp3) is 0.316. The molecule has 0 atom stereocenters. The monoisotopic (exact) mass is 313 g/mol. The van der Waals surface area contributed by atoms with Crippen molar-refractivity contribution in [3.8, 4) is 0 Å². The molecule has 0 aliphatic heterocycles. The molecule has 0 heterocycles. The molecule has 2 N–H and O–H groups in total. The van der Waals surface area contributed by atoms with Crippen molar-refractivity contribution in [1.82, 2.24) is 0 Å². The van der Waals surface area contributed by atoms with Gasteiger partial charge in [-0.05, 0) is 56.2 Å². The van der Waals surface area contributed by atoms with E-state index in [9.17, 15) is 4.79 Å². The van der Waals surface area contributed by atoms with Gasteiger partial charge in [0.1, 0.15) is 5.60 Å². The van der Waals surface area contributed by atoms with Gasteiger partial charge in [0.15, 0.2) is 0 Å². The van der Waals surface area contributed by atoms with Crippen molar-refractivity contribution in [2.24, 2.45) is 0 Å². The molecular weight excluding hydrogens is 290 g/mol. The molecule has 122 valence electrons. The maximum atomic E-state index is 12.0. The lowest BCUT2D eigenvalue weighted by atomic mass is 10.1. The van der Waals surface area contributed by atoms with Crippen LogP contribution in [0.2, 0.25) is 0 Å². The number of anilines is 1. The first-order chi connectivity index (χ1) is 10.9. The van der Waals surface area contributed by atoms with Crippen LogP contribution in [0, 0.1) is 0 Å². The van der Waals surface area contributed by atoms with E-state index >= 15 is 0 Å². The first-order valence-corrected chi connectivity index (χ1v) is 7.63. The number of hydrogen-bond donors (Lipinski definition) is 2. The second-order valence-electron chi connectivity index (χ2n) is 6.41. The molecular formula is C19H23NO3. The molecule has 4 nitrogen and oxygen atoms in total. The van der Waals surface area contributed by atoms with Crippen LogP contribution in [0.15, 0.2) is 48.5 Å². The highest BCUT2D eigenvalue weighted by atomic mass is 16.6. The van der Waals surface area contributed by atoms with E-state index in [1.54, 1.807) is 12.1 Å². The van der Waals surface area contributed by atoms with E-state index in [4.69, 9.17) is 9.84 Å². The van der Waals surface area contributed by atoms with E-state index < -0.39 is 5.60 Å². The zero-order valence-corrected chi connectivity index (χ0v) is 13.8. The van der Waals surface area contributed by atoms with Gasteiger partial charge in [0.2, 0.25) is 0 Å². The lowest BCUT2D eigenvalue weighted by Gasteiger charge is -2.19. The maximum Gasteiger partial charge on any atom is 0.338 e. The highest BCUT2D eigenvalue weighted by Crippen LogP contribution is 2.15. The third kappa shape index (κ3) is 5.42. The van der Waals surface area contributed by atoms with Gasteiger partial charge in [-0.3, -0.25) is 0 Å². The van der Waals surface area contributed by atoms with Crippen molar-refractivity contribution in [2.45, 2.75) is 39.5 Å². The van der Waals surface area contributed by atoms with E-state index in [1.165, 1.54) is 0 Å². The summed E-state index contributed by atoms with van der Waals surface area (Å²) in [6, 6.07) is 15.0. The van der Waals surface area contributed by atoms with Crippen molar-refractivity contribution in [1.29, 1.82) is 0 Å². The second kappa shape index (κ2) is 7.29. The Hall–Kier alpha value is -2.33. The number of ether oxygens (including phenoxy) is 1. The largest absolute Gasteiger partial charge is 0.456 e. The van der Waals surface area contributed by atoms with Gasteiger partial charge in [-0.1, -0.05) is 24.3 Å². The van der Waals surface area contributed by atoms with Crippen molar-refractivity contribution >= 4 is 11.7 Å². The van der Waals surface area contributed by atoms with E-state index in [2.05, 4.69) is 5.32 Å². The molecule has 0 aromatic heterocycles. The van der Waals surface area contributed by atoms with Crippen LogP contribution in [0.3, 0.4) is 0 Å². The number of hydrogen-bond acceptors (Lipinski definition) is 4. The summed E-state index contributed by atoms with van der Waals surface area (Å²) in [5.74, 6) is -0.312. The standard InChI is InChI=1S/C19H23NO3/c1-19(2,3)23-18(22)16-9-7-14(8-10-16)12-20-17-6-4-5-15(11-17)13-21/h4-11,20-21H,12-13H2,1-3H3. The summed E-state index contributed by atoms with van der Waals surface area (Å²) in [7, 11) is 0. The van der Waals surface area contributed by atoms with Crippen LogP contribution in [-0.2, 0) is 17.9 Å². The zero-order valence-electron chi connectivity index (χ0n) is 13.8. The van der Waals surface area contributed by atoms with Crippen molar-refractivity contribution < 1.29 is 14.6 Å². The molecule has 2 aromatic rings. The average Bonchev–Trinajstić information content (AvgIpc) is 2.52. The van der Waals surface area contributed by atoms with Gasteiger partial charge < -0.3 is 15.2 Å². The number of aliphatic hydroxyl groups is 1. The van der Waals surface area contributed by atoms with Gasteiger partial charge in [0, 0.05) is 12.2 Å². The predicted octanol–water partition coefficient (Wildman–Crippen LogP) is 3.75. The molecule has 0 amide bonds. The van der Waals surface area contributed by atoms with Gasteiger partial charge in [-0.15, -0.1) is 0 Å². The van der Waals surface area contributed by atoms with Crippen LogP contribution in [0.1, 0.15) is 42.3 Å². The molecule has 0 saturated carbocycles. The molecule has 0 aliphatic rings. The number of carbonyl (C=O) groups is 1. The molecule has 0 radical (unpaired) electrons. The fourth-order valence-corrected chi connectivity index (χ4v) is 2.08. The SMILES string of the molecule is CC(C)(C)OC(=O)c1ccc(CNc2cccc(CO)c2)cc1. The van der Waals surface area contributed by atoms with Crippen LogP contribution in [-0.4, -0.2) is 16.7 Å². The molecule has 23 heavy (non-hydrogen) atoms. The van der Waals surface area contributed by atoms with Crippen LogP contribution >= 0.6 is 0 Å². The van der Waals surface area contributed by atoms with E-state index in [1.807, 2.05) is 57.2 Å². The van der Waals surface area contributed by atoms with Crippen molar-refractivity contribution in [3.05, 3.63) is 65.2 Å². The van der Waals surface area contributed by atoms with E-state index in [-0.39, 0.29) is 12.6 Å². The molecule has 0 aliphatic carbocycles. The van der Waals surface area contributed by atoms with E-state index in [0.29, 0.717) is 12.1 Å². The Kier molecular flexibility index (Phi) is 5.40. The van der Waals surface area contributed by atoms with Gasteiger partial charge in [0.05, 0.1) is 12.2 Å². The topological polar surface area (TPSA) is 58.6 Å². The average molecular weight is 313 g/mol. The minimum absolute atomic E-state index is 0.0279. The molecule has 4 heteroatoms. The first kappa shape index (κ1) is 17.0. The quantitative estimate of drug-likeness (QED) is 0.826. The molecule has 2 rings (SSSR count). The zero-order chi connectivity index (χ0) is 16.9. The third-order valence-corrected chi connectivity index (χ3v) is 3.19. The summed E-state index contributed by atoms with van der Waals surface area (Å²) in [5.41, 5.74) is 2.94. The molecule has 0 spiro atoms. The van der Waals surface area contributed by atoms with Gasteiger partial charge in [-0.25, -0.2) is 4.79 Å². The lowest BCUT2D eigenvalue weighted by molar-refractivity contribution is 0.00695. The second-order valence-corrected chi connectivity index (χ2v) is 6.41. The molecule has 0 bridgehead atoms.